The van der Waals surface area contributed by atoms with Gasteiger partial charge >= 0.3 is 0 Å². The molecule has 0 aliphatic heterocycles. The third kappa shape index (κ3) is 5.38. The average Bonchev–Trinajstić information content (AvgIpc) is 2.27. The summed E-state index contributed by atoms with van der Waals surface area (Å²) in [5.41, 5.74) is 5.42. The Morgan fingerprint density at radius 2 is 1.89 bits per heavy atom. The lowest BCUT2D eigenvalue weighted by atomic mass is 9.90. The molecule has 1 saturated carbocycles. The van der Waals surface area contributed by atoms with Gasteiger partial charge < -0.3 is 16.3 Å². The van der Waals surface area contributed by atoms with E-state index in [-0.39, 0.29) is 23.7 Å². The van der Waals surface area contributed by atoms with Gasteiger partial charge in [0.05, 0.1) is 0 Å². The normalized spacial score (nSPS) is 20.8. The minimum atomic E-state index is -0.0844. The van der Waals surface area contributed by atoms with E-state index in [1.807, 2.05) is 6.92 Å². The Hall–Kier alpha value is -1.26. The first kappa shape index (κ1) is 14.8. The zero-order chi connectivity index (χ0) is 13.4. The number of hydrogen-bond acceptors (Lipinski definition) is 3. The van der Waals surface area contributed by atoms with Crippen LogP contribution in [0.4, 0.5) is 0 Å². The number of hydrogen-bond donors (Lipinski definition) is 3. The molecule has 1 aliphatic rings. The third-order valence-corrected chi connectivity index (χ3v) is 3.51. The Bertz CT molecular complexity index is 284. The van der Waals surface area contributed by atoms with Crippen LogP contribution in [0.2, 0.25) is 0 Å². The summed E-state index contributed by atoms with van der Waals surface area (Å²) < 4.78 is 0. The second-order valence-electron chi connectivity index (χ2n) is 5.25. The number of amides is 1. The van der Waals surface area contributed by atoms with Crippen LogP contribution in [0.15, 0.2) is 5.16 Å². The highest BCUT2D eigenvalue weighted by molar-refractivity contribution is 5.82. The molecule has 1 atom stereocenters. The third-order valence-electron chi connectivity index (χ3n) is 3.51. The van der Waals surface area contributed by atoms with Gasteiger partial charge in [-0.05, 0) is 19.8 Å². The Balaban J connectivity index is 2.37. The van der Waals surface area contributed by atoms with Crippen LogP contribution < -0.4 is 11.1 Å². The standard InChI is InChI=1S/C13H25N3O2/c1-10(9-12(14)16-18)15-13(17)11-7-5-3-2-4-6-8-11/h10-11,18H,2-9H2,1H3,(H2,14,16)(H,15,17). The van der Waals surface area contributed by atoms with Crippen LogP contribution in [-0.2, 0) is 4.79 Å². The molecule has 0 spiro atoms. The molecule has 0 heterocycles. The fraction of sp³-hybridized carbons (Fsp3) is 0.846. The molecule has 1 aliphatic carbocycles. The molecule has 0 aromatic rings. The summed E-state index contributed by atoms with van der Waals surface area (Å²) in [6.45, 7) is 1.87. The van der Waals surface area contributed by atoms with Crippen LogP contribution in [0.1, 0.15) is 58.3 Å². The van der Waals surface area contributed by atoms with Crippen molar-refractivity contribution in [2.45, 2.75) is 64.3 Å². The molecule has 18 heavy (non-hydrogen) atoms. The van der Waals surface area contributed by atoms with Gasteiger partial charge in [-0.2, -0.15) is 0 Å². The van der Waals surface area contributed by atoms with Gasteiger partial charge in [-0.25, -0.2) is 0 Å². The Morgan fingerprint density at radius 3 is 2.44 bits per heavy atom. The van der Waals surface area contributed by atoms with Crippen molar-refractivity contribution in [3.63, 3.8) is 0 Å². The molecule has 1 rings (SSSR count). The summed E-state index contributed by atoms with van der Waals surface area (Å²) >= 11 is 0. The molecule has 1 fully saturated rings. The SMILES string of the molecule is CC(CC(N)=NO)NC(=O)C1CCCCCCC1. The van der Waals surface area contributed by atoms with Crippen molar-refractivity contribution in [3.8, 4) is 0 Å². The van der Waals surface area contributed by atoms with Crippen LogP contribution in [0.25, 0.3) is 0 Å². The molecule has 0 aromatic heterocycles. The summed E-state index contributed by atoms with van der Waals surface area (Å²) in [7, 11) is 0. The number of nitrogens with zero attached hydrogens (tertiary/aromatic N) is 1. The molecule has 0 radical (unpaired) electrons. The van der Waals surface area contributed by atoms with Crippen molar-refractivity contribution in [1.82, 2.24) is 5.32 Å². The van der Waals surface area contributed by atoms with Crippen molar-refractivity contribution in [3.05, 3.63) is 0 Å². The zero-order valence-corrected chi connectivity index (χ0v) is 11.2. The van der Waals surface area contributed by atoms with E-state index in [1.54, 1.807) is 0 Å². The fourth-order valence-corrected chi connectivity index (χ4v) is 2.48. The van der Waals surface area contributed by atoms with Crippen molar-refractivity contribution in [1.29, 1.82) is 0 Å². The molecular weight excluding hydrogens is 230 g/mol. The first-order valence-corrected chi connectivity index (χ1v) is 6.90. The van der Waals surface area contributed by atoms with Crippen molar-refractivity contribution in [2.75, 3.05) is 0 Å². The minimum absolute atomic E-state index is 0.0844. The largest absolute Gasteiger partial charge is 0.409 e. The van der Waals surface area contributed by atoms with Gasteiger partial charge in [0, 0.05) is 18.4 Å². The van der Waals surface area contributed by atoms with Crippen molar-refractivity contribution in [2.24, 2.45) is 16.8 Å². The summed E-state index contributed by atoms with van der Waals surface area (Å²) in [6, 6.07) is -0.0844. The molecule has 1 unspecified atom stereocenters. The number of oxime groups is 1. The summed E-state index contributed by atoms with van der Waals surface area (Å²) in [5.74, 6) is 0.413. The zero-order valence-electron chi connectivity index (χ0n) is 11.2. The highest BCUT2D eigenvalue weighted by atomic mass is 16.4. The average molecular weight is 255 g/mol. The molecule has 104 valence electrons. The monoisotopic (exact) mass is 255 g/mol. The van der Waals surface area contributed by atoms with E-state index in [2.05, 4.69) is 10.5 Å². The quantitative estimate of drug-likeness (QED) is 0.311. The fourth-order valence-electron chi connectivity index (χ4n) is 2.48. The maximum Gasteiger partial charge on any atom is 0.223 e. The van der Waals surface area contributed by atoms with Crippen LogP contribution in [0.5, 0.6) is 0 Å². The lowest BCUT2D eigenvalue weighted by Crippen LogP contribution is -2.39. The maximum absolute atomic E-state index is 12.1. The lowest BCUT2D eigenvalue weighted by Gasteiger charge is -2.21. The first-order chi connectivity index (χ1) is 8.63. The summed E-state index contributed by atoms with van der Waals surface area (Å²) in [6.07, 6.45) is 8.43. The van der Waals surface area contributed by atoms with Gasteiger partial charge in [0.25, 0.3) is 0 Å². The number of carbonyl (C=O) groups is 1. The highest BCUT2D eigenvalue weighted by Crippen LogP contribution is 2.22. The molecule has 5 nitrogen and oxygen atoms in total. The molecule has 4 N–H and O–H groups in total. The van der Waals surface area contributed by atoms with Gasteiger partial charge in [-0.1, -0.05) is 37.3 Å². The second-order valence-corrected chi connectivity index (χ2v) is 5.25. The van der Waals surface area contributed by atoms with E-state index in [1.165, 1.54) is 19.3 Å². The van der Waals surface area contributed by atoms with Crippen molar-refractivity contribution < 1.29 is 10.0 Å². The number of amidine groups is 1. The van der Waals surface area contributed by atoms with E-state index in [0.717, 1.165) is 25.7 Å². The van der Waals surface area contributed by atoms with E-state index in [9.17, 15) is 4.79 Å². The van der Waals surface area contributed by atoms with E-state index in [0.29, 0.717) is 6.42 Å². The molecule has 1 amide bonds. The second kappa shape index (κ2) is 7.95. The van der Waals surface area contributed by atoms with Crippen LogP contribution in [0, 0.1) is 5.92 Å². The number of carbonyl (C=O) groups excluding carboxylic acids is 1. The molecule has 0 bridgehead atoms. The smallest absolute Gasteiger partial charge is 0.223 e. The van der Waals surface area contributed by atoms with E-state index >= 15 is 0 Å². The number of nitrogens with one attached hydrogen (secondary N) is 1. The van der Waals surface area contributed by atoms with Gasteiger partial charge in [-0.15, -0.1) is 0 Å². The minimum Gasteiger partial charge on any atom is -0.409 e. The Labute approximate surface area is 109 Å². The van der Waals surface area contributed by atoms with Crippen LogP contribution >= 0.6 is 0 Å². The van der Waals surface area contributed by atoms with Crippen LogP contribution in [0.3, 0.4) is 0 Å². The Kier molecular flexibility index (Phi) is 6.54. The summed E-state index contributed by atoms with van der Waals surface area (Å²) in [5, 5.41) is 14.4. The molecular formula is C13H25N3O2. The number of rotatable bonds is 4. The van der Waals surface area contributed by atoms with Crippen molar-refractivity contribution >= 4 is 11.7 Å². The highest BCUT2D eigenvalue weighted by Gasteiger charge is 2.20. The van der Waals surface area contributed by atoms with E-state index < -0.39 is 0 Å². The topological polar surface area (TPSA) is 87.7 Å². The van der Waals surface area contributed by atoms with Gasteiger partial charge in [0.15, 0.2) is 0 Å². The van der Waals surface area contributed by atoms with Gasteiger partial charge in [-0.3, -0.25) is 4.79 Å². The first-order valence-electron chi connectivity index (χ1n) is 6.90. The lowest BCUT2D eigenvalue weighted by molar-refractivity contribution is -0.126. The van der Waals surface area contributed by atoms with E-state index in [4.69, 9.17) is 10.9 Å². The molecule has 5 heteroatoms. The molecule has 0 aromatic carbocycles. The Morgan fingerprint density at radius 1 is 1.33 bits per heavy atom. The van der Waals surface area contributed by atoms with Crippen LogP contribution in [-0.4, -0.2) is 23.0 Å². The summed E-state index contributed by atoms with van der Waals surface area (Å²) in [4.78, 5) is 12.1. The van der Waals surface area contributed by atoms with Gasteiger partial charge in [0.1, 0.15) is 5.84 Å². The molecule has 0 saturated heterocycles. The predicted molar refractivity (Wildman–Crippen MR) is 71.4 cm³/mol. The maximum atomic E-state index is 12.1. The number of nitrogens with two attached hydrogens (primary N) is 1. The predicted octanol–water partition coefficient (Wildman–Crippen LogP) is 1.99. The van der Waals surface area contributed by atoms with Gasteiger partial charge in [0.2, 0.25) is 5.91 Å².